The molecule has 6 heteroatoms. The Bertz CT molecular complexity index is 1080. The molecule has 1 amide bonds. The normalized spacial score (nSPS) is 10.8. The van der Waals surface area contributed by atoms with E-state index in [2.05, 4.69) is 15.4 Å². The van der Waals surface area contributed by atoms with Gasteiger partial charge >= 0.3 is 0 Å². The highest BCUT2D eigenvalue weighted by molar-refractivity contribution is 6.35. The van der Waals surface area contributed by atoms with E-state index in [1.165, 1.54) is 0 Å². The van der Waals surface area contributed by atoms with Crippen LogP contribution in [0.5, 0.6) is 0 Å². The van der Waals surface area contributed by atoms with Crippen LogP contribution in [0.25, 0.3) is 16.6 Å². The van der Waals surface area contributed by atoms with Gasteiger partial charge in [0.1, 0.15) is 0 Å². The lowest BCUT2D eigenvalue weighted by atomic mass is 10.2. The molecule has 4 aromatic rings. The van der Waals surface area contributed by atoms with Gasteiger partial charge < -0.3 is 5.32 Å². The predicted molar refractivity (Wildman–Crippen MR) is 103 cm³/mol. The van der Waals surface area contributed by atoms with E-state index in [9.17, 15) is 4.79 Å². The van der Waals surface area contributed by atoms with Crippen LogP contribution in [-0.4, -0.2) is 20.7 Å². The van der Waals surface area contributed by atoms with Crippen LogP contribution in [0.2, 0.25) is 5.02 Å². The molecule has 0 saturated carbocycles. The first-order valence-corrected chi connectivity index (χ1v) is 8.51. The van der Waals surface area contributed by atoms with Gasteiger partial charge in [-0.05, 0) is 42.5 Å². The molecule has 0 aliphatic carbocycles. The molecular weight excluding hydrogens is 348 g/mol. The van der Waals surface area contributed by atoms with E-state index in [4.69, 9.17) is 11.6 Å². The summed E-state index contributed by atoms with van der Waals surface area (Å²) >= 11 is 6.19. The minimum atomic E-state index is -0.155. The number of nitrogens with one attached hydrogen (secondary N) is 1. The van der Waals surface area contributed by atoms with Crippen molar-refractivity contribution in [2.24, 2.45) is 0 Å². The average molecular weight is 363 g/mol. The van der Waals surface area contributed by atoms with E-state index in [1.54, 1.807) is 23.0 Å². The maximum atomic E-state index is 12.4. The van der Waals surface area contributed by atoms with E-state index >= 15 is 0 Å². The molecule has 2 aromatic carbocycles. The first-order valence-electron chi connectivity index (χ1n) is 8.14. The van der Waals surface area contributed by atoms with E-state index in [0.717, 1.165) is 11.1 Å². The van der Waals surface area contributed by atoms with Crippen molar-refractivity contribution in [3.05, 3.63) is 83.8 Å². The minimum Gasteiger partial charge on any atom is -0.324 e. The number of fused-ring (bicyclic) bond motifs is 1. The highest BCUT2D eigenvalue weighted by Crippen LogP contribution is 2.28. The summed E-state index contributed by atoms with van der Waals surface area (Å²) in [7, 11) is 0. The molecule has 128 valence electrons. The number of carbonyl (C=O) groups excluding carboxylic acids is 1. The Morgan fingerprint density at radius 2 is 1.88 bits per heavy atom. The SMILES string of the molecule is O=C(Cc1ccn(-c2ccccc2)n1)Nc1ccc(Cl)c2cccnc12. The van der Waals surface area contributed by atoms with Gasteiger partial charge in [0.15, 0.2) is 0 Å². The second-order valence-electron chi connectivity index (χ2n) is 5.81. The molecule has 0 aliphatic heterocycles. The molecule has 0 unspecified atom stereocenters. The van der Waals surface area contributed by atoms with Gasteiger partial charge in [-0.2, -0.15) is 5.10 Å². The highest BCUT2D eigenvalue weighted by atomic mass is 35.5. The van der Waals surface area contributed by atoms with Gasteiger partial charge in [0.2, 0.25) is 5.91 Å². The maximum absolute atomic E-state index is 12.4. The van der Waals surface area contributed by atoms with Crippen LogP contribution < -0.4 is 5.32 Å². The number of hydrogen-bond acceptors (Lipinski definition) is 3. The maximum Gasteiger partial charge on any atom is 0.230 e. The summed E-state index contributed by atoms with van der Waals surface area (Å²) in [6, 6.07) is 18.8. The number of benzene rings is 2. The number of aromatic nitrogens is 3. The van der Waals surface area contributed by atoms with Crippen LogP contribution >= 0.6 is 11.6 Å². The molecule has 1 N–H and O–H groups in total. The Kier molecular flexibility index (Phi) is 4.37. The summed E-state index contributed by atoms with van der Waals surface area (Å²) < 4.78 is 1.75. The van der Waals surface area contributed by atoms with Crippen molar-refractivity contribution in [3.63, 3.8) is 0 Å². The molecule has 0 saturated heterocycles. The second-order valence-corrected chi connectivity index (χ2v) is 6.21. The van der Waals surface area contributed by atoms with E-state index in [0.29, 0.717) is 21.9 Å². The van der Waals surface area contributed by atoms with Gasteiger partial charge in [-0.3, -0.25) is 9.78 Å². The number of nitrogens with zero attached hydrogens (tertiary/aromatic N) is 3. The van der Waals surface area contributed by atoms with Crippen LogP contribution in [0.3, 0.4) is 0 Å². The molecule has 26 heavy (non-hydrogen) atoms. The van der Waals surface area contributed by atoms with Gasteiger partial charge in [-0.15, -0.1) is 0 Å². The lowest BCUT2D eigenvalue weighted by Crippen LogP contribution is -2.15. The second kappa shape index (κ2) is 6.98. The number of amides is 1. The Balaban J connectivity index is 1.52. The minimum absolute atomic E-state index is 0.155. The highest BCUT2D eigenvalue weighted by Gasteiger charge is 2.11. The van der Waals surface area contributed by atoms with Crippen LogP contribution in [0.4, 0.5) is 5.69 Å². The standard InChI is InChI=1S/C20H15ClN4O/c21-17-8-9-18(20-16(17)7-4-11-22-20)23-19(26)13-14-10-12-25(24-14)15-5-2-1-3-6-15/h1-12H,13H2,(H,23,26). The van der Waals surface area contributed by atoms with Crippen molar-refractivity contribution >= 4 is 34.1 Å². The van der Waals surface area contributed by atoms with Crippen LogP contribution in [0.1, 0.15) is 5.69 Å². The van der Waals surface area contributed by atoms with Gasteiger partial charge in [-0.1, -0.05) is 29.8 Å². The van der Waals surface area contributed by atoms with Gasteiger partial charge in [-0.25, -0.2) is 4.68 Å². The zero-order valence-corrected chi connectivity index (χ0v) is 14.5. The van der Waals surface area contributed by atoms with E-state index in [1.807, 2.05) is 54.7 Å². The Labute approximate surface area is 155 Å². The fourth-order valence-corrected chi connectivity index (χ4v) is 2.99. The third kappa shape index (κ3) is 3.30. The largest absolute Gasteiger partial charge is 0.324 e. The Morgan fingerprint density at radius 1 is 1.04 bits per heavy atom. The fraction of sp³-hybridized carbons (Fsp3) is 0.0500. The molecule has 2 aromatic heterocycles. The summed E-state index contributed by atoms with van der Waals surface area (Å²) in [5.41, 5.74) is 2.95. The average Bonchev–Trinajstić information content (AvgIpc) is 3.13. The number of para-hydroxylation sites is 1. The molecular formula is C20H15ClN4O. The molecule has 0 spiro atoms. The number of halogens is 1. The Hall–Kier alpha value is -3.18. The molecule has 2 heterocycles. The van der Waals surface area contributed by atoms with Crippen molar-refractivity contribution in [2.45, 2.75) is 6.42 Å². The smallest absolute Gasteiger partial charge is 0.230 e. The fourth-order valence-electron chi connectivity index (χ4n) is 2.78. The monoisotopic (exact) mass is 362 g/mol. The van der Waals surface area contributed by atoms with Gasteiger partial charge in [0.05, 0.1) is 34.0 Å². The quantitative estimate of drug-likeness (QED) is 0.590. The van der Waals surface area contributed by atoms with E-state index in [-0.39, 0.29) is 12.3 Å². The predicted octanol–water partition coefficient (Wildman–Crippen LogP) is 4.26. The van der Waals surface area contributed by atoms with Crippen LogP contribution in [0, 0.1) is 0 Å². The molecule has 0 atom stereocenters. The van der Waals surface area contributed by atoms with Crippen molar-refractivity contribution in [1.82, 2.24) is 14.8 Å². The summed E-state index contributed by atoms with van der Waals surface area (Å²) in [5.74, 6) is -0.155. The van der Waals surface area contributed by atoms with Crippen molar-refractivity contribution in [2.75, 3.05) is 5.32 Å². The third-order valence-corrected chi connectivity index (χ3v) is 4.33. The molecule has 0 bridgehead atoms. The number of rotatable bonds is 4. The number of carbonyl (C=O) groups is 1. The number of pyridine rings is 1. The molecule has 0 aliphatic rings. The third-order valence-electron chi connectivity index (χ3n) is 4.00. The summed E-state index contributed by atoms with van der Waals surface area (Å²) in [4.78, 5) is 16.8. The summed E-state index contributed by atoms with van der Waals surface area (Å²) in [5, 5.41) is 8.77. The first kappa shape index (κ1) is 16.3. The zero-order chi connectivity index (χ0) is 17.9. The first-order chi connectivity index (χ1) is 12.7. The lowest BCUT2D eigenvalue weighted by Gasteiger charge is -2.08. The molecule has 0 radical (unpaired) electrons. The van der Waals surface area contributed by atoms with Gasteiger partial charge in [0.25, 0.3) is 0 Å². The van der Waals surface area contributed by atoms with Crippen LogP contribution in [-0.2, 0) is 11.2 Å². The number of hydrogen-bond donors (Lipinski definition) is 1. The molecule has 4 rings (SSSR count). The topological polar surface area (TPSA) is 59.8 Å². The summed E-state index contributed by atoms with van der Waals surface area (Å²) in [6.45, 7) is 0. The van der Waals surface area contributed by atoms with Crippen molar-refractivity contribution < 1.29 is 4.79 Å². The van der Waals surface area contributed by atoms with E-state index < -0.39 is 0 Å². The number of anilines is 1. The van der Waals surface area contributed by atoms with Crippen molar-refractivity contribution in [3.8, 4) is 5.69 Å². The zero-order valence-electron chi connectivity index (χ0n) is 13.8. The van der Waals surface area contributed by atoms with Crippen LogP contribution in [0.15, 0.2) is 73.1 Å². The Morgan fingerprint density at radius 3 is 2.73 bits per heavy atom. The molecule has 5 nitrogen and oxygen atoms in total. The van der Waals surface area contributed by atoms with Crippen molar-refractivity contribution in [1.29, 1.82) is 0 Å². The van der Waals surface area contributed by atoms with Gasteiger partial charge in [0, 0.05) is 17.8 Å². The lowest BCUT2D eigenvalue weighted by molar-refractivity contribution is -0.115. The molecule has 0 fully saturated rings. The summed E-state index contributed by atoms with van der Waals surface area (Å²) in [6.07, 6.45) is 3.70.